The molecule has 0 saturated carbocycles. The van der Waals surface area contributed by atoms with Gasteiger partial charge in [0.25, 0.3) is 0 Å². The number of benzene rings is 8. The van der Waals surface area contributed by atoms with E-state index < -0.39 is 6.85 Å². The summed E-state index contributed by atoms with van der Waals surface area (Å²) >= 11 is 0. The topological polar surface area (TPSA) is 31.0 Å². The van der Waals surface area contributed by atoms with Crippen molar-refractivity contribution in [2.75, 3.05) is 0 Å². The van der Waals surface area contributed by atoms with Gasteiger partial charge in [-0.1, -0.05) is 131 Å². The average molecular weight is 688 g/mol. The highest BCUT2D eigenvalue weighted by molar-refractivity contribution is 6.18. The van der Waals surface area contributed by atoms with Crippen LogP contribution in [0.4, 0.5) is 0 Å². The van der Waals surface area contributed by atoms with Gasteiger partial charge in [0.05, 0.1) is 22.3 Å². The molecule has 8 aromatic carbocycles. The normalized spacial score (nSPS) is 13.3. The van der Waals surface area contributed by atoms with E-state index in [1.54, 1.807) is 6.07 Å². The number of hydrogen-bond donors (Lipinski definition) is 0. The molecule has 0 N–H and O–H groups in total. The van der Waals surface area contributed by atoms with Crippen LogP contribution in [-0.4, -0.2) is 9.55 Å². The summed E-state index contributed by atoms with van der Waals surface area (Å²) in [6.07, 6.45) is 0. The Morgan fingerprint density at radius 1 is 0.585 bits per heavy atom. The van der Waals surface area contributed by atoms with Crippen LogP contribution in [0.3, 0.4) is 0 Å². The van der Waals surface area contributed by atoms with Gasteiger partial charge in [-0.15, -0.1) is 0 Å². The Hall–Kier alpha value is -6.19. The Balaban J connectivity index is 1.36. The predicted octanol–water partition coefficient (Wildman–Crippen LogP) is 14.3. The maximum Gasteiger partial charge on any atom is 0.149 e. The fourth-order valence-corrected chi connectivity index (χ4v) is 8.41. The van der Waals surface area contributed by atoms with Gasteiger partial charge in [-0.2, -0.15) is 0 Å². The molecule has 0 amide bonds. The second-order valence-electron chi connectivity index (χ2n) is 14.9. The monoisotopic (exact) mass is 687 g/mol. The Morgan fingerprint density at radius 2 is 1.25 bits per heavy atom. The van der Waals surface area contributed by atoms with E-state index in [9.17, 15) is 0 Å². The molecule has 10 rings (SSSR count). The van der Waals surface area contributed by atoms with Crippen LogP contribution in [0.2, 0.25) is 0 Å². The number of imidazole rings is 1. The molecule has 0 spiro atoms. The summed E-state index contributed by atoms with van der Waals surface area (Å²) in [5.41, 5.74) is 9.92. The number of furan rings is 1. The second-order valence-corrected chi connectivity index (χ2v) is 14.9. The van der Waals surface area contributed by atoms with Crippen molar-refractivity contribution in [3.63, 3.8) is 0 Å². The van der Waals surface area contributed by atoms with Crippen molar-refractivity contribution in [2.45, 2.75) is 46.4 Å². The van der Waals surface area contributed by atoms with Crippen LogP contribution in [0.5, 0.6) is 0 Å². The van der Waals surface area contributed by atoms with Gasteiger partial charge in [-0.05, 0) is 110 Å². The molecule has 0 saturated heterocycles. The van der Waals surface area contributed by atoms with Crippen LogP contribution in [0, 0.1) is 6.85 Å². The molecule has 3 nitrogen and oxygen atoms in total. The van der Waals surface area contributed by atoms with Crippen molar-refractivity contribution in [1.29, 1.82) is 0 Å². The van der Waals surface area contributed by atoms with Crippen molar-refractivity contribution in [2.24, 2.45) is 0 Å². The standard InChI is InChI=1S/C50H40N2O/c1-29(2)40-26-36(32-13-7-6-8-14-32)27-41(30(3)4)47(40)52-48-38-18-12-10-16-34(38)22-24-44(48)51-50(52)39-23-19-31(5)46-43-25-35-21-20-33-15-9-11-17-37(33)42(35)28-45(43)53-49(39)46/h6-30H,1-5H3/i5D3. The van der Waals surface area contributed by atoms with Crippen molar-refractivity contribution >= 4 is 65.3 Å². The smallest absolute Gasteiger partial charge is 0.149 e. The zero-order valence-electron chi connectivity index (χ0n) is 33.2. The Morgan fingerprint density at radius 3 is 1.98 bits per heavy atom. The summed E-state index contributed by atoms with van der Waals surface area (Å²) in [6.45, 7) is 6.65. The Labute approximate surface area is 313 Å². The van der Waals surface area contributed by atoms with Crippen molar-refractivity contribution < 1.29 is 8.53 Å². The molecular weight excluding hydrogens is 645 g/mol. The minimum Gasteiger partial charge on any atom is -0.455 e. The minimum absolute atomic E-state index is 0.179. The summed E-state index contributed by atoms with van der Waals surface area (Å²) in [4.78, 5) is 5.46. The fourth-order valence-electron chi connectivity index (χ4n) is 8.41. The van der Waals surface area contributed by atoms with Crippen molar-refractivity contribution in [1.82, 2.24) is 9.55 Å². The van der Waals surface area contributed by atoms with E-state index in [1.807, 2.05) is 18.2 Å². The summed E-state index contributed by atoms with van der Waals surface area (Å²) in [6, 6.07) is 48.4. The third kappa shape index (κ3) is 4.84. The lowest BCUT2D eigenvalue weighted by Gasteiger charge is -2.24. The fraction of sp³-hybridized carbons (Fsp3) is 0.140. The minimum atomic E-state index is -2.37. The van der Waals surface area contributed by atoms with Gasteiger partial charge >= 0.3 is 0 Å². The largest absolute Gasteiger partial charge is 0.455 e. The molecule has 0 aliphatic rings. The molecule has 0 aliphatic carbocycles. The molecule has 2 aromatic heterocycles. The molecule has 0 bridgehead atoms. The SMILES string of the molecule is [2H]C([2H])([2H])c1ccc(-c2nc3ccc4ccccc4c3n2-c2c(C(C)C)cc(-c3ccccc3)cc2C(C)C)c2oc3cc4c(ccc5ccccc54)cc3c12. The Kier molecular flexibility index (Phi) is 6.39. The quantitative estimate of drug-likeness (QED) is 0.169. The van der Waals surface area contributed by atoms with E-state index in [1.165, 1.54) is 22.3 Å². The first-order valence-electron chi connectivity index (χ1n) is 20.0. The number of rotatable bonds is 5. The zero-order chi connectivity index (χ0) is 38.5. The van der Waals surface area contributed by atoms with Gasteiger partial charge in [0.2, 0.25) is 0 Å². The van der Waals surface area contributed by atoms with E-state index in [-0.39, 0.29) is 17.4 Å². The van der Waals surface area contributed by atoms with Gasteiger partial charge in [0, 0.05) is 20.3 Å². The third-order valence-corrected chi connectivity index (χ3v) is 11.0. The van der Waals surface area contributed by atoms with Gasteiger partial charge in [-0.25, -0.2) is 4.98 Å². The highest BCUT2D eigenvalue weighted by Gasteiger charge is 2.27. The molecule has 53 heavy (non-hydrogen) atoms. The Bertz CT molecular complexity index is 3160. The zero-order valence-corrected chi connectivity index (χ0v) is 30.2. The first-order valence-corrected chi connectivity index (χ1v) is 18.5. The van der Waals surface area contributed by atoms with Gasteiger partial charge in [0.15, 0.2) is 0 Å². The molecule has 0 aliphatic heterocycles. The maximum absolute atomic E-state index is 8.68. The van der Waals surface area contributed by atoms with E-state index in [0.29, 0.717) is 22.4 Å². The number of hydrogen-bond acceptors (Lipinski definition) is 2. The lowest BCUT2D eigenvalue weighted by molar-refractivity contribution is 0.670. The van der Waals surface area contributed by atoms with Crippen LogP contribution < -0.4 is 0 Å². The van der Waals surface area contributed by atoms with Crippen molar-refractivity contribution in [3.8, 4) is 28.2 Å². The first-order chi connectivity index (χ1) is 27.1. The number of aromatic nitrogens is 2. The molecule has 10 aromatic rings. The number of aryl methyl sites for hydroxylation is 1. The van der Waals surface area contributed by atoms with E-state index in [2.05, 4.69) is 148 Å². The highest BCUT2D eigenvalue weighted by Crippen LogP contribution is 2.45. The first kappa shape index (κ1) is 28.4. The average Bonchev–Trinajstić information content (AvgIpc) is 3.78. The van der Waals surface area contributed by atoms with E-state index in [4.69, 9.17) is 13.5 Å². The van der Waals surface area contributed by atoms with Gasteiger partial charge in [0.1, 0.15) is 17.0 Å². The molecule has 3 heteroatoms. The summed E-state index contributed by atoms with van der Waals surface area (Å²) in [7, 11) is 0. The van der Waals surface area contributed by atoms with Crippen LogP contribution in [0.1, 0.15) is 60.3 Å². The molecule has 0 atom stereocenters. The van der Waals surface area contributed by atoms with Crippen LogP contribution >= 0.6 is 0 Å². The highest BCUT2D eigenvalue weighted by atomic mass is 16.3. The van der Waals surface area contributed by atoms with Gasteiger partial charge < -0.3 is 4.42 Å². The second kappa shape index (κ2) is 11.9. The predicted molar refractivity (Wildman–Crippen MR) is 225 cm³/mol. The van der Waals surface area contributed by atoms with Crippen LogP contribution in [-0.2, 0) is 0 Å². The van der Waals surface area contributed by atoms with Crippen LogP contribution in [0.25, 0.3) is 93.5 Å². The molecular formula is C50H40N2O. The molecule has 0 radical (unpaired) electrons. The number of nitrogens with zero attached hydrogens (tertiary/aromatic N) is 2. The summed E-state index contributed by atoms with van der Waals surface area (Å²) < 4.78 is 35.3. The lowest BCUT2D eigenvalue weighted by atomic mass is 9.88. The van der Waals surface area contributed by atoms with Crippen molar-refractivity contribution in [3.05, 3.63) is 156 Å². The molecule has 2 heterocycles. The molecule has 0 fully saturated rings. The van der Waals surface area contributed by atoms with E-state index in [0.717, 1.165) is 60.0 Å². The lowest BCUT2D eigenvalue weighted by Crippen LogP contribution is -2.09. The molecule has 256 valence electrons. The maximum atomic E-state index is 8.68. The third-order valence-electron chi connectivity index (χ3n) is 11.0. The van der Waals surface area contributed by atoms with Gasteiger partial charge in [-0.3, -0.25) is 4.57 Å². The molecule has 0 unspecified atom stereocenters. The summed E-state index contributed by atoms with van der Waals surface area (Å²) in [5.74, 6) is 1.07. The van der Waals surface area contributed by atoms with Crippen LogP contribution in [0.15, 0.2) is 144 Å². The number of fused-ring (bicyclic) bond motifs is 9. The summed E-state index contributed by atoms with van der Waals surface area (Å²) in [5, 5.41) is 7.95. The van der Waals surface area contributed by atoms with E-state index >= 15 is 0 Å².